The fourth-order valence-corrected chi connectivity index (χ4v) is 3.33. The van der Waals surface area contributed by atoms with Crippen LogP contribution < -0.4 is 5.32 Å². The molecule has 0 unspecified atom stereocenters. The van der Waals surface area contributed by atoms with E-state index in [9.17, 15) is 9.59 Å². The average molecular weight is 294 g/mol. The van der Waals surface area contributed by atoms with Crippen LogP contribution in [0, 0.1) is 5.92 Å². The van der Waals surface area contributed by atoms with Gasteiger partial charge in [0.05, 0.1) is 12.5 Å². The van der Waals surface area contributed by atoms with Crippen molar-refractivity contribution in [3.8, 4) is 0 Å². The first-order valence-corrected chi connectivity index (χ1v) is 7.97. The Bertz CT molecular complexity index is 496. The molecule has 4 nitrogen and oxygen atoms in total. The highest BCUT2D eigenvalue weighted by molar-refractivity contribution is 7.11. The van der Waals surface area contributed by atoms with Crippen LogP contribution in [0.2, 0.25) is 0 Å². The minimum Gasteiger partial charge on any atom is -0.351 e. The SMILES string of the molecule is CCc1ccc(CNC(=O)[C@H]2CC(=O)N(C(C)C)C2)s1. The predicted molar refractivity (Wildman–Crippen MR) is 80.5 cm³/mol. The van der Waals surface area contributed by atoms with Gasteiger partial charge in [-0.1, -0.05) is 6.92 Å². The van der Waals surface area contributed by atoms with E-state index in [0.29, 0.717) is 19.5 Å². The topological polar surface area (TPSA) is 49.4 Å². The van der Waals surface area contributed by atoms with Gasteiger partial charge in [-0.15, -0.1) is 11.3 Å². The largest absolute Gasteiger partial charge is 0.351 e. The first kappa shape index (κ1) is 15.0. The van der Waals surface area contributed by atoms with Crippen LogP contribution in [0.15, 0.2) is 12.1 Å². The Hall–Kier alpha value is -1.36. The minimum atomic E-state index is -0.199. The van der Waals surface area contributed by atoms with Gasteiger partial charge in [-0.05, 0) is 32.4 Å². The summed E-state index contributed by atoms with van der Waals surface area (Å²) in [6.45, 7) is 7.20. The average Bonchev–Trinajstić information content (AvgIpc) is 3.02. The first-order valence-electron chi connectivity index (χ1n) is 7.16. The fraction of sp³-hybridized carbons (Fsp3) is 0.600. The number of likely N-dealkylation sites (tertiary alicyclic amines) is 1. The summed E-state index contributed by atoms with van der Waals surface area (Å²) < 4.78 is 0. The summed E-state index contributed by atoms with van der Waals surface area (Å²) in [5, 5.41) is 2.95. The van der Waals surface area contributed by atoms with Crippen molar-refractivity contribution in [3.63, 3.8) is 0 Å². The van der Waals surface area contributed by atoms with E-state index in [0.717, 1.165) is 6.42 Å². The number of hydrogen-bond acceptors (Lipinski definition) is 3. The van der Waals surface area contributed by atoms with Crippen LogP contribution in [0.3, 0.4) is 0 Å². The van der Waals surface area contributed by atoms with E-state index < -0.39 is 0 Å². The first-order chi connectivity index (χ1) is 9.51. The van der Waals surface area contributed by atoms with Crippen molar-refractivity contribution in [1.29, 1.82) is 0 Å². The van der Waals surface area contributed by atoms with Gasteiger partial charge in [0.25, 0.3) is 0 Å². The van der Waals surface area contributed by atoms with Gasteiger partial charge >= 0.3 is 0 Å². The molecule has 1 saturated heterocycles. The summed E-state index contributed by atoms with van der Waals surface area (Å²) in [4.78, 5) is 28.2. The van der Waals surface area contributed by atoms with Crippen molar-refractivity contribution < 1.29 is 9.59 Å². The minimum absolute atomic E-state index is 0.00653. The summed E-state index contributed by atoms with van der Waals surface area (Å²) >= 11 is 1.73. The van der Waals surface area contributed by atoms with Crippen LogP contribution in [0.4, 0.5) is 0 Å². The number of carbonyl (C=O) groups excluding carboxylic acids is 2. The van der Waals surface area contributed by atoms with E-state index in [4.69, 9.17) is 0 Å². The maximum atomic E-state index is 12.1. The third-order valence-electron chi connectivity index (χ3n) is 3.66. The van der Waals surface area contributed by atoms with Crippen LogP contribution in [0.5, 0.6) is 0 Å². The molecule has 110 valence electrons. The van der Waals surface area contributed by atoms with Gasteiger partial charge in [0.2, 0.25) is 11.8 Å². The molecule has 0 aliphatic carbocycles. The molecule has 5 heteroatoms. The summed E-state index contributed by atoms with van der Waals surface area (Å²) in [6, 6.07) is 4.33. The van der Waals surface area contributed by atoms with Gasteiger partial charge in [0.15, 0.2) is 0 Å². The van der Waals surface area contributed by atoms with Gasteiger partial charge in [-0.2, -0.15) is 0 Å². The lowest BCUT2D eigenvalue weighted by Crippen LogP contribution is -2.35. The van der Waals surface area contributed by atoms with Gasteiger partial charge in [-0.25, -0.2) is 0 Å². The van der Waals surface area contributed by atoms with Crippen molar-refractivity contribution in [1.82, 2.24) is 10.2 Å². The van der Waals surface area contributed by atoms with E-state index in [1.165, 1.54) is 9.75 Å². The van der Waals surface area contributed by atoms with E-state index in [1.807, 2.05) is 13.8 Å². The molecule has 0 spiro atoms. The number of thiophene rings is 1. The number of nitrogens with one attached hydrogen (secondary N) is 1. The molecular formula is C15H22N2O2S. The van der Waals surface area contributed by atoms with Crippen LogP contribution in [0.25, 0.3) is 0 Å². The van der Waals surface area contributed by atoms with Gasteiger partial charge in [0.1, 0.15) is 0 Å². The van der Waals surface area contributed by atoms with Gasteiger partial charge in [-0.3, -0.25) is 9.59 Å². The molecule has 2 heterocycles. The van der Waals surface area contributed by atoms with Gasteiger partial charge < -0.3 is 10.2 Å². The summed E-state index contributed by atoms with van der Waals surface area (Å²) in [5.41, 5.74) is 0. The monoisotopic (exact) mass is 294 g/mol. The standard InChI is InChI=1S/C15H22N2O2S/c1-4-12-5-6-13(20-12)8-16-15(19)11-7-14(18)17(9-11)10(2)3/h5-6,10-11H,4,7-9H2,1-3H3,(H,16,19)/t11-/m0/s1. The quantitative estimate of drug-likeness (QED) is 0.905. The highest BCUT2D eigenvalue weighted by Crippen LogP contribution is 2.21. The van der Waals surface area contributed by atoms with Crippen molar-refractivity contribution in [2.24, 2.45) is 5.92 Å². The number of hydrogen-bond donors (Lipinski definition) is 1. The molecule has 1 N–H and O–H groups in total. The summed E-state index contributed by atoms with van der Waals surface area (Å²) in [6.07, 6.45) is 1.37. The molecule has 0 bridgehead atoms. The molecule has 1 aliphatic heterocycles. The summed E-state index contributed by atoms with van der Waals surface area (Å²) in [7, 11) is 0. The van der Waals surface area contributed by atoms with E-state index >= 15 is 0 Å². The summed E-state index contributed by atoms with van der Waals surface area (Å²) in [5.74, 6) is -0.118. The van der Waals surface area contributed by atoms with E-state index in [1.54, 1.807) is 16.2 Å². The molecule has 0 saturated carbocycles. The van der Waals surface area contributed by atoms with Gasteiger partial charge in [0, 0.05) is 28.8 Å². The second-order valence-corrected chi connectivity index (χ2v) is 6.73. The maximum Gasteiger partial charge on any atom is 0.225 e. The van der Waals surface area contributed by atoms with Crippen LogP contribution in [-0.4, -0.2) is 29.3 Å². The Morgan fingerprint density at radius 1 is 1.45 bits per heavy atom. The zero-order valence-corrected chi connectivity index (χ0v) is 13.1. The molecule has 0 radical (unpaired) electrons. The smallest absolute Gasteiger partial charge is 0.225 e. The Kier molecular flexibility index (Phi) is 4.81. The van der Waals surface area contributed by atoms with Crippen molar-refractivity contribution >= 4 is 23.2 Å². The van der Waals surface area contributed by atoms with Crippen molar-refractivity contribution in [2.45, 2.75) is 46.2 Å². The number of amides is 2. The second kappa shape index (κ2) is 6.39. The van der Waals surface area contributed by atoms with Crippen LogP contribution >= 0.6 is 11.3 Å². The normalized spacial score (nSPS) is 18.9. The van der Waals surface area contributed by atoms with Crippen molar-refractivity contribution in [2.75, 3.05) is 6.54 Å². The Morgan fingerprint density at radius 2 is 2.15 bits per heavy atom. The Morgan fingerprint density at radius 3 is 2.70 bits per heavy atom. The molecule has 2 rings (SSSR count). The molecule has 1 aliphatic rings. The van der Waals surface area contributed by atoms with Crippen LogP contribution in [0.1, 0.15) is 36.9 Å². The number of carbonyl (C=O) groups is 2. The lowest BCUT2D eigenvalue weighted by atomic mass is 10.1. The van der Waals surface area contributed by atoms with E-state index in [-0.39, 0.29) is 23.8 Å². The highest BCUT2D eigenvalue weighted by Gasteiger charge is 2.35. The number of rotatable bonds is 5. The molecule has 1 fully saturated rings. The Balaban J connectivity index is 1.85. The lowest BCUT2D eigenvalue weighted by molar-refractivity contribution is -0.129. The van der Waals surface area contributed by atoms with Crippen LogP contribution in [-0.2, 0) is 22.6 Å². The maximum absolute atomic E-state index is 12.1. The fourth-order valence-electron chi connectivity index (χ4n) is 2.43. The van der Waals surface area contributed by atoms with E-state index in [2.05, 4.69) is 24.4 Å². The molecule has 1 aromatic rings. The predicted octanol–water partition coefficient (Wildman–Crippen LogP) is 2.18. The highest BCUT2D eigenvalue weighted by atomic mass is 32.1. The van der Waals surface area contributed by atoms with Crippen molar-refractivity contribution in [3.05, 3.63) is 21.9 Å². The number of aryl methyl sites for hydroxylation is 1. The third kappa shape index (κ3) is 3.39. The Labute approximate surface area is 124 Å². The zero-order chi connectivity index (χ0) is 14.7. The third-order valence-corrected chi connectivity index (χ3v) is 4.88. The molecule has 1 atom stereocenters. The lowest BCUT2D eigenvalue weighted by Gasteiger charge is -2.20. The molecule has 1 aromatic heterocycles. The number of nitrogens with zero attached hydrogens (tertiary/aromatic N) is 1. The molecule has 2 amide bonds. The zero-order valence-electron chi connectivity index (χ0n) is 12.3. The molecule has 0 aromatic carbocycles. The molecule has 20 heavy (non-hydrogen) atoms. The second-order valence-electron chi connectivity index (χ2n) is 5.48. The molecular weight excluding hydrogens is 272 g/mol.